The molecule has 0 atom stereocenters. The van der Waals surface area contributed by atoms with Crippen molar-refractivity contribution in [3.8, 4) is 11.5 Å². The molecule has 1 aromatic heterocycles. The average molecular weight is 896 g/mol. The number of aliphatic hydroxyl groups is 1. The highest BCUT2D eigenvalue weighted by Crippen LogP contribution is 2.36. The Bertz CT molecular complexity index is 2410. The Balaban J connectivity index is 0.000000214. The molecule has 0 aliphatic carbocycles. The lowest BCUT2D eigenvalue weighted by Gasteiger charge is -2.36. The van der Waals surface area contributed by atoms with Crippen molar-refractivity contribution in [2.75, 3.05) is 94.8 Å². The summed E-state index contributed by atoms with van der Waals surface area (Å²) in [5, 5.41) is 42.6. The first-order valence-corrected chi connectivity index (χ1v) is 21.0. The molecule has 3 heterocycles. The number of carbonyl (C=O) groups is 1. The first-order valence-electron chi connectivity index (χ1n) is 20.2. The van der Waals surface area contributed by atoms with E-state index in [9.17, 15) is 25.0 Å². The lowest BCUT2D eigenvalue weighted by molar-refractivity contribution is -0.387. The molecule has 2 saturated heterocycles. The number of thioether (sulfide) groups is 1. The van der Waals surface area contributed by atoms with E-state index in [2.05, 4.69) is 35.3 Å². The predicted molar refractivity (Wildman–Crippen MR) is 244 cm³/mol. The summed E-state index contributed by atoms with van der Waals surface area (Å²) in [6.45, 7) is 6.58. The van der Waals surface area contributed by atoms with E-state index in [1.807, 2.05) is 18.2 Å². The van der Waals surface area contributed by atoms with E-state index >= 15 is 0 Å². The lowest BCUT2D eigenvalue weighted by Crippen LogP contribution is -2.48. The topological polar surface area (TPSA) is 243 Å². The van der Waals surface area contributed by atoms with E-state index in [1.54, 1.807) is 85.0 Å². The maximum atomic E-state index is 13.0. The molecular weight excluding hydrogens is 847 g/mol. The van der Waals surface area contributed by atoms with Gasteiger partial charge in [-0.3, -0.25) is 29.9 Å². The molecule has 5 aromatic rings. The molecule has 4 N–H and O–H groups in total. The van der Waals surface area contributed by atoms with Crippen LogP contribution in [0.4, 0.5) is 34.1 Å². The van der Waals surface area contributed by atoms with Crippen molar-refractivity contribution in [3.63, 3.8) is 0 Å². The lowest BCUT2D eigenvalue weighted by atomic mass is 10.1. The van der Waals surface area contributed by atoms with Crippen LogP contribution in [-0.2, 0) is 6.54 Å². The number of aliphatic imine (C=N–C) groups is 1. The highest BCUT2D eigenvalue weighted by Gasteiger charge is 2.26. The van der Waals surface area contributed by atoms with Crippen molar-refractivity contribution in [3.05, 3.63) is 135 Å². The molecule has 4 aromatic carbocycles. The number of nitro groups is 2. The van der Waals surface area contributed by atoms with Crippen LogP contribution in [0.5, 0.6) is 11.5 Å². The normalized spacial score (nSPS) is 14.5. The fourth-order valence-electron chi connectivity index (χ4n) is 7.07. The van der Waals surface area contributed by atoms with Crippen LogP contribution in [0.25, 0.3) is 0 Å². The number of furan rings is 1. The molecule has 0 bridgehead atoms. The van der Waals surface area contributed by atoms with Crippen molar-refractivity contribution in [2.24, 2.45) is 21.2 Å². The van der Waals surface area contributed by atoms with Gasteiger partial charge in [0, 0.05) is 88.0 Å². The maximum Gasteiger partial charge on any atom is 0.292 e. The Morgan fingerprint density at radius 2 is 1.47 bits per heavy atom. The molecule has 20 nitrogen and oxygen atoms in total. The van der Waals surface area contributed by atoms with Gasteiger partial charge in [0.1, 0.15) is 11.4 Å². The number of nitrogens with one attached hydrogen (secondary N) is 1. The van der Waals surface area contributed by atoms with Crippen LogP contribution in [0, 0.1) is 20.2 Å². The molecule has 0 saturated carbocycles. The zero-order chi connectivity index (χ0) is 45.4. The number of rotatable bonds is 14. The van der Waals surface area contributed by atoms with E-state index in [-0.39, 0.29) is 29.1 Å². The van der Waals surface area contributed by atoms with E-state index < -0.39 is 9.85 Å². The maximum absolute atomic E-state index is 13.0. The number of hydrogen-bond donors (Lipinski definition) is 3. The molecule has 2 aliphatic rings. The van der Waals surface area contributed by atoms with Crippen LogP contribution in [0.1, 0.15) is 16.1 Å². The number of piperazine rings is 2. The number of amidine groups is 1. The number of anilines is 3. The highest BCUT2D eigenvalue weighted by molar-refractivity contribution is 8.14. The Morgan fingerprint density at radius 3 is 2.08 bits per heavy atom. The second-order valence-corrected chi connectivity index (χ2v) is 15.3. The van der Waals surface area contributed by atoms with Gasteiger partial charge in [-0.25, -0.2) is 4.99 Å². The molecule has 1 amide bonds. The molecular formula is C43H49N11O9S. The third-order valence-corrected chi connectivity index (χ3v) is 11.3. The van der Waals surface area contributed by atoms with Crippen LogP contribution in [0.3, 0.4) is 0 Å². The minimum atomic E-state index is -0.426. The summed E-state index contributed by atoms with van der Waals surface area (Å²) in [6, 6.07) is 27.9. The second-order valence-electron chi connectivity index (χ2n) is 14.2. The molecule has 336 valence electrons. The third kappa shape index (κ3) is 12.2. The van der Waals surface area contributed by atoms with Gasteiger partial charge in [0.05, 0.1) is 54.1 Å². The van der Waals surface area contributed by atoms with Crippen LogP contribution < -0.4 is 30.4 Å². The van der Waals surface area contributed by atoms with Crippen molar-refractivity contribution in [1.82, 2.24) is 9.80 Å². The van der Waals surface area contributed by atoms with Crippen LogP contribution in [-0.4, -0.2) is 116 Å². The van der Waals surface area contributed by atoms with Gasteiger partial charge in [-0.1, -0.05) is 23.4 Å². The molecule has 2 aliphatic heterocycles. The van der Waals surface area contributed by atoms with Gasteiger partial charge in [0.15, 0.2) is 11.5 Å². The Labute approximate surface area is 373 Å². The summed E-state index contributed by atoms with van der Waals surface area (Å²) >= 11 is 1.05. The zero-order valence-electron chi connectivity index (χ0n) is 35.3. The number of nitro benzene ring substituents is 2. The number of nitrogens with zero attached hydrogens (tertiary/aromatic N) is 9. The second kappa shape index (κ2) is 22.7. The van der Waals surface area contributed by atoms with Gasteiger partial charge in [-0.05, 0) is 78.5 Å². The number of β-amino-alcohol motifs (C(OH)–C–C–N with tert-alkyl or cyclic N) is 1. The number of carbonyl (C=O) groups excluding carboxylic acids is 1. The van der Waals surface area contributed by atoms with Gasteiger partial charge in [-0.2, -0.15) is 0 Å². The number of para-hydroxylation sites is 1. The van der Waals surface area contributed by atoms with Crippen LogP contribution >= 0.6 is 11.8 Å². The van der Waals surface area contributed by atoms with Crippen molar-refractivity contribution < 1.29 is 33.6 Å². The van der Waals surface area contributed by atoms with Crippen LogP contribution in [0.2, 0.25) is 0 Å². The highest BCUT2D eigenvalue weighted by atomic mass is 32.2. The van der Waals surface area contributed by atoms with E-state index in [4.69, 9.17) is 24.8 Å². The standard InChI is InChI=1S/C24H26N4O6.C19H23N7O3S/c1-32-22-8-5-17(14-23(22)33-2)24(29)27-11-9-26(10-12-27)18-6-7-21(28(30)31)20(15-18)25-16-19-4-3-13-34-19;20-23-22-19(21-15-4-2-1-3-5-15)30-18-14-16(6-7-17(18)26(28)29)25-10-8-24(9-11-25)12-13-27/h3-8,13-15,25H,9-12,16H2,1-2H3;1-7,14,27H,8-13H2,(H2,20,21,22). The summed E-state index contributed by atoms with van der Waals surface area (Å²) in [5.74, 6) is 6.90. The number of amides is 1. The first-order chi connectivity index (χ1) is 31.1. The quantitative estimate of drug-likeness (QED) is 0.0202. The van der Waals surface area contributed by atoms with Gasteiger partial charge < -0.3 is 44.9 Å². The van der Waals surface area contributed by atoms with Crippen molar-refractivity contribution >= 4 is 57.0 Å². The Morgan fingerprint density at radius 1 is 0.812 bits per heavy atom. The molecule has 2 fully saturated rings. The van der Waals surface area contributed by atoms with Crippen molar-refractivity contribution in [1.29, 1.82) is 0 Å². The monoisotopic (exact) mass is 895 g/mol. The van der Waals surface area contributed by atoms with Crippen LogP contribution in [0.15, 0.2) is 128 Å². The molecule has 0 unspecified atom stereocenters. The summed E-state index contributed by atoms with van der Waals surface area (Å²) in [7, 11) is 3.08. The molecule has 7 rings (SSSR count). The molecule has 0 radical (unpaired) electrons. The smallest absolute Gasteiger partial charge is 0.292 e. The van der Waals surface area contributed by atoms with Gasteiger partial charge in [0.2, 0.25) is 5.17 Å². The summed E-state index contributed by atoms with van der Waals surface area (Å²) < 4.78 is 15.9. The Hall–Kier alpha value is -7.23. The van der Waals surface area contributed by atoms with E-state index in [1.165, 1.54) is 19.2 Å². The van der Waals surface area contributed by atoms with Gasteiger partial charge in [-0.15, -0.1) is 5.11 Å². The summed E-state index contributed by atoms with van der Waals surface area (Å²) in [6.07, 6.45) is 1.56. The average Bonchev–Trinajstić information content (AvgIpc) is 3.85. The SMILES string of the molecule is COc1ccc(C(=O)N2CCN(c3ccc([N+](=O)[O-])c(NCc4ccco4)c3)CC2)cc1OC.N/N=N\C(=Nc1ccccc1)Sc1cc(N2CCN(CCO)CC2)ccc1[N+](=O)[O-]. The third-order valence-electron chi connectivity index (χ3n) is 10.4. The summed E-state index contributed by atoms with van der Waals surface area (Å²) in [4.78, 5) is 48.3. The van der Waals surface area contributed by atoms with E-state index in [0.717, 1.165) is 49.3 Å². The summed E-state index contributed by atoms with van der Waals surface area (Å²) in [5.41, 5.74) is 3.30. The van der Waals surface area contributed by atoms with Gasteiger partial charge in [0.25, 0.3) is 17.3 Å². The molecule has 64 heavy (non-hydrogen) atoms. The predicted octanol–water partition coefficient (Wildman–Crippen LogP) is 6.59. The number of ether oxygens (including phenoxy) is 2. The number of benzene rings is 4. The number of hydrogen-bond acceptors (Lipinski definition) is 16. The fourth-order valence-corrected chi connectivity index (χ4v) is 7.93. The minimum Gasteiger partial charge on any atom is -0.493 e. The zero-order valence-corrected chi connectivity index (χ0v) is 36.1. The largest absolute Gasteiger partial charge is 0.493 e. The molecule has 21 heteroatoms. The molecule has 0 spiro atoms. The number of methoxy groups -OCH3 is 2. The number of aliphatic hydroxyl groups excluding tert-OH is 1. The minimum absolute atomic E-state index is 0.00225. The first kappa shape index (κ1) is 46.3. The van der Waals surface area contributed by atoms with Gasteiger partial charge >= 0.3 is 0 Å². The Kier molecular flexibility index (Phi) is 16.4. The van der Waals surface area contributed by atoms with Crippen molar-refractivity contribution in [2.45, 2.75) is 11.4 Å². The number of nitrogens with two attached hydrogens (primary N) is 1. The van der Waals surface area contributed by atoms with E-state index in [0.29, 0.717) is 78.4 Å². The fraction of sp³-hybridized carbons (Fsp3) is 0.302.